The van der Waals surface area contributed by atoms with Crippen LogP contribution in [0, 0.1) is 6.92 Å². The van der Waals surface area contributed by atoms with E-state index in [2.05, 4.69) is 5.10 Å². The molecule has 0 spiro atoms. The molecule has 0 unspecified atom stereocenters. The molecule has 23 heavy (non-hydrogen) atoms. The summed E-state index contributed by atoms with van der Waals surface area (Å²) in [5.74, 6) is 0. The second-order valence-electron chi connectivity index (χ2n) is 5.25. The van der Waals surface area contributed by atoms with Crippen molar-refractivity contribution in [3.8, 4) is 5.69 Å². The van der Waals surface area contributed by atoms with Crippen molar-refractivity contribution in [3.05, 3.63) is 79.8 Å². The number of nitrogens with zero attached hydrogens (tertiary/aromatic N) is 4. The SMILES string of the molecule is Cc1cc(=O)n(Cc2cc(Cl)n(C)n2)c(=O)n1-c1ccccc1. The lowest BCUT2D eigenvalue weighted by Gasteiger charge is -2.12. The first kappa shape index (κ1) is 15.3. The summed E-state index contributed by atoms with van der Waals surface area (Å²) in [5.41, 5.74) is 1.09. The van der Waals surface area contributed by atoms with Gasteiger partial charge >= 0.3 is 5.69 Å². The van der Waals surface area contributed by atoms with Crippen molar-refractivity contribution in [3.63, 3.8) is 0 Å². The number of benzene rings is 1. The molecule has 3 aromatic rings. The van der Waals surface area contributed by atoms with Crippen molar-refractivity contribution in [1.29, 1.82) is 0 Å². The van der Waals surface area contributed by atoms with Gasteiger partial charge in [-0.05, 0) is 19.1 Å². The van der Waals surface area contributed by atoms with Crippen LogP contribution in [0.2, 0.25) is 5.15 Å². The fourth-order valence-corrected chi connectivity index (χ4v) is 2.63. The molecule has 0 atom stereocenters. The molecule has 6 nitrogen and oxygen atoms in total. The molecule has 0 aliphatic carbocycles. The van der Waals surface area contributed by atoms with Gasteiger partial charge in [-0.2, -0.15) is 5.10 Å². The number of hydrogen-bond donors (Lipinski definition) is 0. The van der Waals surface area contributed by atoms with E-state index in [1.807, 2.05) is 30.3 Å². The fraction of sp³-hybridized carbons (Fsp3) is 0.188. The first-order valence-electron chi connectivity index (χ1n) is 7.04. The second-order valence-corrected chi connectivity index (χ2v) is 5.63. The van der Waals surface area contributed by atoms with Crippen molar-refractivity contribution >= 4 is 11.6 Å². The Hall–Kier alpha value is -2.60. The zero-order valence-electron chi connectivity index (χ0n) is 12.7. The minimum Gasteiger partial charge on any atom is -0.269 e. The molecule has 0 fully saturated rings. The molecule has 0 N–H and O–H groups in total. The van der Waals surface area contributed by atoms with Crippen LogP contribution in [0.25, 0.3) is 5.69 Å². The van der Waals surface area contributed by atoms with Crippen LogP contribution in [0.15, 0.2) is 52.1 Å². The van der Waals surface area contributed by atoms with Crippen molar-refractivity contribution in [2.24, 2.45) is 7.05 Å². The Labute approximate surface area is 137 Å². The van der Waals surface area contributed by atoms with Crippen molar-refractivity contribution in [1.82, 2.24) is 18.9 Å². The van der Waals surface area contributed by atoms with Gasteiger partial charge < -0.3 is 0 Å². The number of hydrogen-bond acceptors (Lipinski definition) is 3. The first-order chi connectivity index (χ1) is 11.0. The van der Waals surface area contributed by atoms with E-state index in [-0.39, 0.29) is 12.1 Å². The van der Waals surface area contributed by atoms with E-state index in [9.17, 15) is 9.59 Å². The van der Waals surface area contributed by atoms with Gasteiger partial charge in [0.2, 0.25) is 0 Å². The van der Waals surface area contributed by atoms with Crippen LogP contribution in [0.3, 0.4) is 0 Å². The van der Waals surface area contributed by atoms with Crippen LogP contribution < -0.4 is 11.2 Å². The van der Waals surface area contributed by atoms with Crippen LogP contribution in [0.4, 0.5) is 0 Å². The third-order valence-electron chi connectivity index (χ3n) is 3.58. The van der Waals surface area contributed by atoms with Crippen LogP contribution >= 0.6 is 11.6 Å². The van der Waals surface area contributed by atoms with Gasteiger partial charge in [-0.1, -0.05) is 29.8 Å². The molecular weight excluding hydrogens is 316 g/mol. The third-order valence-corrected chi connectivity index (χ3v) is 3.93. The lowest BCUT2D eigenvalue weighted by atomic mass is 10.3. The van der Waals surface area contributed by atoms with Gasteiger partial charge in [0.05, 0.1) is 17.9 Å². The first-order valence-corrected chi connectivity index (χ1v) is 7.42. The Bertz CT molecular complexity index is 950. The number of para-hydroxylation sites is 1. The molecule has 7 heteroatoms. The molecule has 2 heterocycles. The minimum absolute atomic E-state index is 0.0747. The monoisotopic (exact) mass is 330 g/mol. The van der Waals surface area contributed by atoms with Crippen LogP contribution in [-0.2, 0) is 13.6 Å². The zero-order chi connectivity index (χ0) is 16.6. The molecular formula is C16H15ClN4O2. The van der Waals surface area contributed by atoms with Gasteiger partial charge in [0.25, 0.3) is 5.56 Å². The molecule has 2 aromatic heterocycles. The lowest BCUT2D eigenvalue weighted by Crippen LogP contribution is -2.40. The van der Waals surface area contributed by atoms with Gasteiger partial charge in [-0.15, -0.1) is 0 Å². The summed E-state index contributed by atoms with van der Waals surface area (Å²) in [7, 11) is 1.70. The van der Waals surface area contributed by atoms with Crippen molar-refractivity contribution in [2.75, 3.05) is 0 Å². The van der Waals surface area contributed by atoms with E-state index >= 15 is 0 Å². The Balaban J connectivity index is 2.15. The second kappa shape index (κ2) is 5.89. The molecule has 0 aliphatic heterocycles. The average molecular weight is 331 g/mol. The number of halogens is 1. The third kappa shape index (κ3) is 2.85. The van der Waals surface area contributed by atoms with E-state index < -0.39 is 5.69 Å². The van der Waals surface area contributed by atoms with Crippen molar-refractivity contribution in [2.45, 2.75) is 13.5 Å². The highest BCUT2D eigenvalue weighted by Gasteiger charge is 2.12. The van der Waals surface area contributed by atoms with Gasteiger partial charge in [0.15, 0.2) is 0 Å². The summed E-state index contributed by atoms with van der Waals surface area (Å²) in [6.07, 6.45) is 0. The Morgan fingerprint density at radius 2 is 1.83 bits per heavy atom. The van der Waals surface area contributed by atoms with Gasteiger partial charge in [-0.25, -0.2) is 4.79 Å². The topological polar surface area (TPSA) is 61.8 Å². The van der Waals surface area contributed by atoms with Crippen molar-refractivity contribution < 1.29 is 0 Å². The number of rotatable bonds is 3. The number of aryl methyl sites for hydroxylation is 2. The highest BCUT2D eigenvalue weighted by Crippen LogP contribution is 2.10. The molecule has 1 aromatic carbocycles. The number of aromatic nitrogens is 4. The summed E-state index contributed by atoms with van der Waals surface area (Å²) in [6.45, 7) is 1.81. The smallest absolute Gasteiger partial charge is 0.269 e. The Morgan fingerprint density at radius 3 is 2.43 bits per heavy atom. The van der Waals surface area contributed by atoms with Crippen LogP contribution in [0.1, 0.15) is 11.4 Å². The molecule has 0 saturated heterocycles. The molecule has 0 amide bonds. The lowest BCUT2D eigenvalue weighted by molar-refractivity contribution is 0.634. The molecule has 0 saturated carbocycles. The Kier molecular flexibility index (Phi) is 3.92. The standard InChI is InChI=1S/C16H15ClN4O2/c1-11-8-15(22)20(10-12-9-14(17)19(2)18-12)16(23)21(11)13-6-4-3-5-7-13/h3-9H,10H2,1-2H3. The zero-order valence-corrected chi connectivity index (χ0v) is 13.5. The summed E-state index contributed by atoms with van der Waals surface area (Å²) in [6, 6.07) is 12.3. The largest absolute Gasteiger partial charge is 0.336 e. The normalized spacial score (nSPS) is 10.9. The highest BCUT2D eigenvalue weighted by atomic mass is 35.5. The quantitative estimate of drug-likeness (QED) is 0.735. The molecule has 0 bridgehead atoms. The van der Waals surface area contributed by atoms with E-state index in [0.717, 1.165) is 4.57 Å². The molecule has 118 valence electrons. The molecule has 0 radical (unpaired) electrons. The highest BCUT2D eigenvalue weighted by molar-refractivity contribution is 6.29. The van der Waals surface area contributed by atoms with Crippen LogP contribution in [0.5, 0.6) is 0 Å². The predicted molar refractivity (Wildman–Crippen MR) is 88.4 cm³/mol. The summed E-state index contributed by atoms with van der Waals surface area (Å²) < 4.78 is 4.15. The maximum atomic E-state index is 12.8. The summed E-state index contributed by atoms with van der Waals surface area (Å²) in [5, 5.41) is 4.64. The maximum absolute atomic E-state index is 12.8. The fourth-order valence-electron chi connectivity index (χ4n) is 2.46. The van der Waals surface area contributed by atoms with Gasteiger partial charge in [-0.3, -0.25) is 18.6 Å². The predicted octanol–water partition coefficient (Wildman–Crippen LogP) is 1.74. The molecule has 0 aliphatic rings. The minimum atomic E-state index is -0.400. The molecule has 3 rings (SSSR count). The maximum Gasteiger partial charge on any atom is 0.336 e. The van der Waals surface area contributed by atoms with Gasteiger partial charge in [0, 0.05) is 24.9 Å². The van der Waals surface area contributed by atoms with E-state index in [1.165, 1.54) is 15.3 Å². The van der Waals surface area contributed by atoms with E-state index in [4.69, 9.17) is 11.6 Å². The van der Waals surface area contributed by atoms with Crippen LogP contribution in [-0.4, -0.2) is 18.9 Å². The summed E-state index contributed by atoms with van der Waals surface area (Å²) >= 11 is 5.96. The average Bonchev–Trinajstić information content (AvgIpc) is 2.83. The summed E-state index contributed by atoms with van der Waals surface area (Å²) in [4.78, 5) is 25.0. The van der Waals surface area contributed by atoms with E-state index in [1.54, 1.807) is 20.0 Å². The Morgan fingerprint density at radius 1 is 1.13 bits per heavy atom. The van der Waals surface area contributed by atoms with Gasteiger partial charge in [0.1, 0.15) is 5.15 Å². The van der Waals surface area contributed by atoms with E-state index in [0.29, 0.717) is 22.2 Å².